The van der Waals surface area contributed by atoms with Gasteiger partial charge in [-0.2, -0.15) is 0 Å². The summed E-state index contributed by atoms with van der Waals surface area (Å²) in [5.41, 5.74) is 1.60. The Morgan fingerprint density at radius 1 is 0.905 bits per heavy atom. The van der Waals surface area contributed by atoms with Crippen LogP contribution in [0, 0.1) is 5.82 Å². The average molecular weight is 429 g/mol. The Kier molecular flexibility index (Phi) is 4.34. The van der Waals surface area contributed by atoms with Gasteiger partial charge in [0.1, 0.15) is 5.82 Å². The van der Waals surface area contributed by atoms with Crippen LogP contribution in [-0.4, -0.2) is 0 Å². The summed E-state index contributed by atoms with van der Waals surface area (Å²) in [4.78, 5) is -0.229. The van der Waals surface area contributed by atoms with Gasteiger partial charge >= 0.3 is 0 Å². The van der Waals surface area contributed by atoms with E-state index in [2.05, 4.69) is 31.9 Å². The van der Waals surface area contributed by atoms with Crippen molar-refractivity contribution in [3.8, 4) is 0 Å². The third-order valence-corrected chi connectivity index (χ3v) is 5.22. The van der Waals surface area contributed by atoms with E-state index in [1.807, 2.05) is 42.5 Å². The van der Waals surface area contributed by atoms with Crippen molar-refractivity contribution in [2.45, 2.75) is 4.83 Å². The normalized spacial score (nSPS) is 12.6. The SMILES string of the molecule is Fc1cc(Br)ccc1C(Br)c1ccc(Cl)c2ccccc12. The molecule has 3 aromatic carbocycles. The van der Waals surface area contributed by atoms with Crippen LogP contribution in [0.4, 0.5) is 4.39 Å². The summed E-state index contributed by atoms with van der Waals surface area (Å²) in [7, 11) is 0. The predicted octanol–water partition coefficient (Wildman–Crippen LogP) is 6.88. The van der Waals surface area contributed by atoms with Crippen molar-refractivity contribution in [3.05, 3.63) is 81.0 Å². The lowest BCUT2D eigenvalue weighted by Crippen LogP contribution is -1.98. The molecule has 21 heavy (non-hydrogen) atoms. The molecule has 106 valence electrons. The van der Waals surface area contributed by atoms with Crippen LogP contribution >= 0.6 is 43.5 Å². The first-order valence-corrected chi connectivity index (χ1v) is 8.43. The maximum Gasteiger partial charge on any atom is 0.129 e. The van der Waals surface area contributed by atoms with Crippen LogP contribution in [0.15, 0.2) is 59.1 Å². The lowest BCUT2D eigenvalue weighted by Gasteiger charge is -2.15. The van der Waals surface area contributed by atoms with Crippen LogP contribution in [0.1, 0.15) is 16.0 Å². The van der Waals surface area contributed by atoms with Crippen LogP contribution in [-0.2, 0) is 0 Å². The molecule has 0 radical (unpaired) electrons. The Bertz CT molecular complexity index is 817. The first-order valence-electron chi connectivity index (χ1n) is 6.34. The maximum atomic E-state index is 14.2. The van der Waals surface area contributed by atoms with Crippen molar-refractivity contribution < 1.29 is 4.39 Å². The molecule has 0 aliphatic heterocycles. The van der Waals surface area contributed by atoms with E-state index in [1.54, 1.807) is 6.07 Å². The van der Waals surface area contributed by atoms with E-state index < -0.39 is 0 Å². The lowest BCUT2D eigenvalue weighted by molar-refractivity contribution is 0.613. The zero-order valence-electron chi connectivity index (χ0n) is 10.8. The zero-order valence-corrected chi connectivity index (χ0v) is 14.7. The summed E-state index contributed by atoms with van der Waals surface area (Å²) >= 11 is 13.1. The summed E-state index contributed by atoms with van der Waals surface area (Å²) in [6, 6.07) is 16.8. The monoisotopic (exact) mass is 426 g/mol. The molecule has 0 heterocycles. The van der Waals surface area contributed by atoms with Crippen LogP contribution in [0.2, 0.25) is 5.02 Å². The van der Waals surface area contributed by atoms with Gasteiger partial charge in [-0.15, -0.1) is 0 Å². The van der Waals surface area contributed by atoms with Gasteiger partial charge < -0.3 is 0 Å². The van der Waals surface area contributed by atoms with E-state index in [0.29, 0.717) is 10.6 Å². The second-order valence-corrected chi connectivity index (χ2v) is 6.95. The molecular weight excluding hydrogens is 418 g/mol. The van der Waals surface area contributed by atoms with E-state index in [4.69, 9.17) is 11.6 Å². The molecule has 0 aliphatic carbocycles. The summed E-state index contributed by atoms with van der Waals surface area (Å²) in [5, 5.41) is 2.69. The Morgan fingerprint density at radius 3 is 2.29 bits per heavy atom. The van der Waals surface area contributed by atoms with Crippen LogP contribution in [0.25, 0.3) is 10.8 Å². The first kappa shape index (κ1) is 15.0. The molecule has 0 fully saturated rings. The quantitative estimate of drug-likeness (QED) is 0.390. The van der Waals surface area contributed by atoms with E-state index >= 15 is 0 Å². The van der Waals surface area contributed by atoms with Crippen molar-refractivity contribution in [1.29, 1.82) is 0 Å². The Labute approximate surface area is 144 Å². The van der Waals surface area contributed by atoms with Gasteiger partial charge in [0.15, 0.2) is 0 Å². The highest BCUT2D eigenvalue weighted by molar-refractivity contribution is 9.10. The Morgan fingerprint density at radius 2 is 1.57 bits per heavy atom. The van der Waals surface area contributed by atoms with Gasteiger partial charge in [-0.1, -0.05) is 79.9 Å². The van der Waals surface area contributed by atoms with E-state index in [9.17, 15) is 4.39 Å². The molecule has 4 heteroatoms. The van der Waals surface area contributed by atoms with Crippen molar-refractivity contribution in [2.24, 2.45) is 0 Å². The summed E-state index contributed by atoms with van der Waals surface area (Å²) in [5.74, 6) is -0.245. The molecule has 3 rings (SSSR count). The van der Waals surface area contributed by atoms with E-state index in [-0.39, 0.29) is 10.6 Å². The van der Waals surface area contributed by atoms with Crippen molar-refractivity contribution >= 4 is 54.2 Å². The number of fused-ring (bicyclic) bond motifs is 1. The largest absolute Gasteiger partial charge is 0.207 e. The van der Waals surface area contributed by atoms with Crippen molar-refractivity contribution in [3.63, 3.8) is 0 Å². The fraction of sp³-hybridized carbons (Fsp3) is 0.0588. The fourth-order valence-corrected chi connectivity index (χ4v) is 3.71. The number of rotatable bonds is 2. The summed E-state index contributed by atoms with van der Waals surface area (Å²) in [6.45, 7) is 0. The molecule has 1 unspecified atom stereocenters. The molecule has 0 bridgehead atoms. The number of halogens is 4. The molecule has 0 spiro atoms. The zero-order chi connectivity index (χ0) is 15.0. The number of hydrogen-bond donors (Lipinski definition) is 0. The Balaban J connectivity index is 2.18. The molecule has 3 aromatic rings. The number of alkyl halides is 1. The number of hydrogen-bond acceptors (Lipinski definition) is 0. The standard InChI is InChI=1S/C17H10Br2ClF/c18-10-5-6-14(16(21)9-10)17(19)13-7-8-15(20)12-4-2-1-3-11(12)13/h1-9,17H. The minimum atomic E-state index is -0.245. The maximum absolute atomic E-state index is 14.2. The molecule has 0 saturated heterocycles. The molecule has 0 aromatic heterocycles. The van der Waals surface area contributed by atoms with Crippen LogP contribution in [0.3, 0.4) is 0 Å². The van der Waals surface area contributed by atoms with Gasteiger partial charge in [0.2, 0.25) is 0 Å². The average Bonchev–Trinajstić information content (AvgIpc) is 2.47. The van der Waals surface area contributed by atoms with Crippen molar-refractivity contribution in [2.75, 3.05) is 0 Å². The highest BCUT2D eigenvalue weighted by Gasteiger charge is 2.18. The van der Waals surface area contributed by atoms with Gasteiger partial charge in [-0.25, -0.2) is 4.39 Å². The molecule has 0 saturated carbocycles. The molecule has 0 nitrogen and oxygen atoms in total. The third kappa shape index (κ3) is 2.87. The second-order valence-electron chi connectivity index (χ2n) is 4.71. The molecular formula is C17H10Br2ClF. The van der Waals surface area contributed by atoms with E-state index in [0.717, 1.165) is 20.8 Å². The topological polar surface area (TPSA) is 0 Å². The third-order valence-electron chi connectivity index (χ3n) is 3.41. The minimum Gasteiger partial charge on any atom is -0.207 e. The van der Waals surface area contributed by atoms with Gasteiger partial charge in [-0.3, -0.25) is 0 Å². The molecule has 0 N–H and O–H groups in total. The van der Waals surface area contributed by atoms with Crippen LogP contribution in [0.5, 0.6) is 0 Å². The number of benzene rings is 3. The molecule has 1 atom stereocenters. The minimum absolute atomic E-state index is 0.229. The van der Waals surface area contributed by atoms with Gasteiger partial charge in [-0.05, 0) is 29.1 Å². The fourth-order valence-electron chi connectivity index (χ4n) is 2.38. The van der Waals surface area contributed by atoms with Gasteiger partial charge in [0.05, 0.1) is 4.83 Å². The van der Waals surface area contributed by atoms with Crippen LogP contribution < -0.4 is 0 Å². The molecule has 0 aliphatic rings. The summed E-state index contributed by atoms with van der Waals surface area (Å²) < 4.78 is 14.9. The molecule has 0 amide bonds. The second kappa shape index (κ2) is 6.07. The van der Waals surface area contributed by atoms with Crippen molar-refractivity contribution in [1.82, 2.24) is 0 Å². The highest BCUT2D eigenvalue weighted by Crippen LogP contribution is 2.38. The first-order chi connectivity index (χ1) is 10.1. The lowest BCUT2D eigenvalue weighted by atomic mass is 9.98. The van der Waals surface area contributed by atoms with Gasteiger partial charge in [0, 0.05) is 20.4 Å². The Hall–Kier alpha value is -0.900. The summed E-state index contributed by atoms with van der Waals surface area (Å²) in [6.07, 6.45) is 0. The highest BCUT2D eigenvalue weighted by atomic mass is 79.9. The predicted molar refractivity (Wildman–Crippen MR) is 93.8 cm³/mol. The van der Waals surface area contributed by atoms with Gasteiger partial charge in [0.25, 0.3) is 0 Å². The van der Waals surface area contributed by atoms with E-state index in [1.165, 1.54) is 6.07 Å². The smallest absolute Gasteiger partial charge is 0.129 e.